The minimum atomic E-state index is 0.707. The third-order valence-electron chi connectivity index (χ3n) is 5.12. The van der Waals surface area contributed by atoms with E-state index in [0.29, 0.717) is 6.54 Å². The molecule has 0 spiro atoms. The number of nitrogens with one attached hydrogen (secondary N) is 2. The standard InChI is InChI=1S/C23H43N3/c1-3-5-6-7-8-9-11-22(10-4-2)23-14-12-21(13-15-23)20-26-19-18-25-17-16-24/h12-15,22,25-26H,3-11,16-20,24H2,1-2H3. The first-order valence-corrected chi connectivity index (χ1v) is 11.0. The summed E-state index contributed by atoms with van der Waals surface area (Å²) in [5.41, 5.74) is 8.38. The molecular formula is C23H43N3. The van der Waals surface area contributed by atoms with Crippen molar-refractivity contribution in [3.05, 3.63) is 35.4 Å². The molecule has 26 heavy (non-hydrogen) atoms. The summed E-state index contributed by atoms with van der Waals surface area (Å²) in [5, 5.41) is 6.80. The van der Waals surface area contributed by atoms with Gasteiger partial charge in [-0.1, -0.05) is 83.1 Å². The average Bonchev–Trinajstić information content (AvgIpc) is 2.67. The smallest absolute Gasteiger partial charge is 0.0206 e. The molecule has 0 saturated heterocycles. The molecule has 0 heterocycles. The molecule has 0 aromatic heterocycles. The summed E-state index contributed by atoms with van der Waals surface area (Å²) in [4.78, 5) is 0. The molecule has 4 N–H and O–H groups in total. The number of benzene rings is 1. The Kier molecular flexibility index (Phi) is 14.5. The summed E-state index contributed by atoms with van der Waals surface area (Å²) in [6, 6.07) is 9.33. The predicted octanol–water partition coefficient (Wildman–Crippen LogP) is 4.96. The third kappa shape index (κ3) is 10.9. The van der Waals surface area contributed by atoms with Gasteiger partial charge in [0.25, 0.3) is 0 Å². The maximum Gasteiger partial charge on any atom is 0.0206 e. The molecule has 1 unspecified atom stereocenters. The minimum Gasteiger partial charge on any atom is -0.329 e. The highest BCUT2D eigenvalue weighted by Crippen LogP contribution is 2.27. The minimum absolute atomic E-state index is 0.707. The lowest BCUT2D eigenvalue weighted by atomic mass is 9.89. The summed E-state index contributed by atoms with van der Waals surface area (Å²) in [6.07, 6.45) is 12.3. The van der Waals surface area contributed by atoms with Crippen molar-refractivity contribution in [2.24, 2.45) is 5.73 Å². The fourth-order valence-electron chi connectivity index (χ4n) is 3.54. The molecule has 0 aliphatic rings. The van der Waals surface area contributed by atoms with Crippen LogP contribution in [0.2, 0.25) is 0 Å². The molecule has 3 heteroatoms. The molecule has 0 bridgehead atoms. The van der Waals surface area contributed by atoms with Gasteiger partial charge in [0, 0.05) is 32.7 Å². The van der Waals surface area contributed by atoms with Gasteiger partial charge in [-0.15, -0.1) is 0 Å². The van der Waals surface area contributed by atoms with Gasteiger partial charge < -0.3 is 16.4 Å². The largest absolute Gasteiger partial charge is 0.329 e. The second-order valence-electron chi connectivity index (χ2n) is 7.50. The van der Waals surface area contributed by atoms with Crippen LogP contribution < -0.4 is 16.4 Å². The Bertz CT molecular complexity index is 416. The summed E-state index contributed by atoms with van der Waals surface area (Å²) >= 11 is 0. The Labute approximate surface area is 162 Å². The van der Waals surface area contributed by atoms with Crippen LogP contribution in [-0.2, 0) is 6.54 Å². The van der Waals surface area contributed by atoms with Crippen molar-refractivity contribution in [2.45, 2.75) is 84.1 Å². The van der Waals surface area contributed by atoms with Gasteiger partial charge in [0.2, 0.25) is 0 Å². The summed E-state index contributed by atoms with van der Waals surface area (Å²) in [7, 11) is 0. The van der Waals surface area contributed by atoms with Crippen LogP contribution in [0.5, 0.6) is 0 Å². The van der Waals surface area contributed by atoms with E-state index in [1.165, 1.54) is 68.9 Å². The number of rotatable bonds is 17. The summed E-state index contributed by atoms with van der Waals surface area (Å²) < 4.78 is 0. The Balaban J connectivity index is 2.32. The molecule has 1 aromatic carbocycles. The van der Waals surface area contributed by atoms with Crippen molar-refractivity contribution in [1.82, 2.24) is 10.6 Å². The van der Waals surface area contributed by atoms with Gasteiger partial charge in [0.1, 0.15) is 0 Å². The average molecular weight is 362 g/mol. The maximum absolute atomic E-state index is 5.47. The topological polar surface area (TPSA) is 50.1 Å². The Hall–Kier alpha value is -0.900. The van der Waals surface area contributed by atoms with E-state index in [-0.39, 0.29) is 0 Å². The molecule has 150 valence electrons. The van der Waals surface area contributed by atoms with Gasteiger partial charge in [0.15, 0.2) is 0 Å². The number of hydrogen-bond acceptors (Lipinski definition) is 3. The zero-order valence-corrected chi connectivity index (χ0v) is 17.4. The molecule has 0 radical (unpaired) electrons. The first kappa shape index (κ1) is 23.1. The quantitative estimate of drug-likeness (QED) is 0.344. The fraction of sp³-hybridized carbons (Fsp3) is 0.739. The lowest BCUT2D eigenvalue weighted by Crippen LogP contribution is -2.30. The zero-order chi connectivity index (χ0) is 18.9. The Morgan fingerprint density at radius 2 is 1.46 bits per heavy atom. The fourth-order valence-corrected chi connectivity index (χ4v) is 3.54. The molecular weight excluding hydrogens is 318 g/mol. The van der Waals surface area contributed by atoms with E-state index in [0.717, 1.165) is 32.1 Å². The van der Waals surface area contributed by atoms with Crippen LogP contribution in [0.1, 0.15) is 88.7 Å². The van der Waals surface area contributed by atoms with E-state index in [1.807, 2.05) is 0 Å². The maximum atomic E-state index is 5.47. The van der Waals surface area contributed by atoms with Crippen molar-refractivity contribution in [3.8, 4) is 0 Å². The molecule has 1 rings (SSSR count). The van der Waals surface area contributed by atoms with E-state index in [1.54, 1.807) is 0 Å². The van der Waals surface area contributed by atoms with Crippen LogP contribution in [-0.4, -0.2) is 26.2 Å². The summed E-state index contributed by atoms with van der Waals surface area (Å²) in [6.45, 7) is 9.11. The lowest BCUT2D eigenvalue weighted by molar-refractivity contribution is 0.512. The van der Waals surface area contributed by atoms with E-state index in [9.17, 15) is 0 Å². The number of nitrogens with two attached hydrogens (primary N) is 1. The molecule has 0 amide bonds. The zero-order valence-electron chi connectivity index (χ0n) is 17.4. The van der Waals surface area contributed by atoms with E-state index >= 15 is 0 Å². The van der Waals surface area contributed by atoms with Crippen LogP contribution in [0.3, 0.4) is 0 Å². The Morgan fingerprint density at radius 1 is 0.769 bits per heavy atom. The van der Waals surface area contributed by atoms with Gasteiger partial charge in [-0.3, -0.25) is 0 Å². The SMILES string of the molecule is CCCCCCCCC(CCC)c1ccc(CNCCNCCN)cc1. The highest BCUT2D eigenvalue weighted by molar-refractivity contribution is 5.25. The van der Waals surface area contributed by atoms with Crippen molar-refractivity contribution in [3.63, 3.8) is 0 Å². The van der Waals surface area contributed by atoms with Crippen LogP contribution in [0.15, 0.2) is 24.3 Å². The van der Waals surface area contributed by atoms with Gasteiger partial charge in [-0.25, -0.2) is 0 Å². The van der Waals surface area contributed by atoms with Gasteiger partial charge in [0.05, 0.1) is 0 Å². The second kappa shape index (κ2) is 16.3. The van der Waals surface area contributed by atoms with Gasteiger partial charge in [-0.2, -0.15) is 0 Å². The molecule has 3 nitrogen and oxygen atoms in total. The van der Waals surface area contributed by atoms with E-state index in [4.69, 9.17) is 5.73 Å². The highest BCUT2D eigenvalue weighted by Gasteiger charge is 2.10. The highest BCUT2D eigenvalue weighted by atomic mass is 14.9. The van der Waals surface area contributed by atoms with Crippen molar-refractivity contribution >= 4 is 0 Å². The molecule has 0 saturated carbocycles. The first-order chi connectivity index (χ1) is 12.8. The van der Waals surface area contributed by atoms with Crippen LogP contribution in [0.4, 0.5) is 0 Å². The van der Waals surface area contributed by atoms with Gasteiger partial charge in [-0.05, 0) is 29.9 Å². The molecule has 1 atom stereocenters. The Morgan fingerprint density at radius 3 is 2.15 bits per heavy atom. The van der Waals surface area contributed by atoms with Crippen LogP contribution in [0, 0.1) is 0 Å². The molecule has 0 aliphatic carbocycles. The predicted molar refractivity (Wildman–Crippen MR) is 116 cm³/mol. The lowest BCUT2D eigenvalue weighted by Gasteiger charge is -2.17. The summed E-state index contributed by atoms with van der Waals surface area (Å²) in [5.74, 6) is 0.744. The van der Waals surface area contributed by atoms with E-state index in [2.05, 4.69) is 48.7 Å². The van der Waals surface area contributed by atoms with Crippen molar-refractivity contribution in [1.29, 1.82) is 0 Å². The van der Waals surface area contributed by atoms with Crippen molar-refractivity contribution in [2.75, 3.05) is 26.2 Å². The van der Waals surface area contributed by atoms with E-state index < -0.39 is 0 Å². The molecule has 0 aliphatic heterocycles. The molecule has 0 fully saturated rings. The normalized spacial score (nSPS) is 12.4. The van der Waals surface area contributed by atoms with Crippen molar-refractivity contribution < 1.29 is 0 Å². The molecule has 1 aromatic rings. The first-order valence-electron chi connectivity index (χ1n) is 11.0. The van der Waals surface area contributed by atoms with Gasteiger partial charge >= 0.3 is 0 Å². The monoisotopic (exact) mass is 361 g/mol. The second-order valence-corrected chi connectivity index (χ2v) is 7.50. The number of unbranched alkanes of at least 4 members (excludes halogenated alkanes) is 5. The van der Waals surface area contributed by atoms with Crippen LogP contribution in [0.25, 0.3) is 0 Å². The third-order valence-corrected chi connectivity index (χ3v) is 5.12. The van der Waals surface area contributed by atoms with Crippen LogP contribution >= 0.6 is 0 Å². The number of hydrogen-bond donors (Lipinski definition) is 3.